The minimum absolute atomic E-state index is 0.0434. The predicted molar refractivity (Wildman–Crippen MR) is 92.5 cm³/mol. The van der Waals surface area contributed by atoms with E-state index >= 15 is 0 Å². The molecule has 3 rings (SSSR count). The molecule has 2 N–H and O–H groups in total. The Bertz CT molecular complexity index is 603. The van der Waals surface area contributed by atoms with Crippen molar-refractivity contribution in [2.24, 2.45) is 22.7 Å². The maximum absolute atomic E-state index is 12.0. The van der Waals surface area contributed by atoms with Crippen LogP contribution in [0.4, 0.5) is 0 Å². The summed E-state index contributed by atoms with van der Waals surface area (Å²) in [5, 5.41) is 19.0. The lowest BCUT2D eigenvalue weighted by Gasteiger charge is -2.57. The highest BCUT2D eigenvalue weighted by molar-refractivity contribution is 5.75. The Morgan fingerprint density at radius 2 is 2.04 bits per heavy atom. The fourth-order valence-electron chi connectivity index (χ4n) is 5.65. The number of hydrogen-bond donors (Lipinski definition) is 2. The lowest BCUT2D eigenvalue weighted by Crippen LogP contribution is -2.53. The standard InChI is InChI=1S/C20H30O4/c1-18(2,24-23)14-7-8-15-13(12-14)6-9-16-19(15,3)10-5-11-20(16,4)17(21)22/h6,12,15-16,23H,5,7-11H2,1-4H3,(H,21,22)/t15-,16?,19+,20+/m0/s1. The van der Waals surface area contributed by atoms with Crippen LogP contribution in [-0.2, 0) is 9.68 Å². The molecule has 0 aliphatic heterocycles. The molecule has 4 heteroatoms. The van der Waals surface area contributed by atoms with E-state index in [1.165, 1.54) is 5.57 Å². The first-order valence-corrected chi connectivity index (χ1v) is 9.12. The van der Waals surface area contributed by atoms with E-state index in [9.17, 15) is 15.2 Å². The molecule has 4 atom stereocenters. The molecule has 134 valence electrons. The fourth-order valence-corrected chi connectivity index (χ4v) is 5.65. The highest BCUT2D eigenvalue weighted by Crippen LogP contribution is 2.62. The predicted octanol–water partition coefficient (Wildman–Crippen LogP) is 4.82. The number of rotatable bonds is 3. The van der Waals surface area contributed by atoms with E-state index < -0.39 is 17.0 Å². The van der Waals surface area contributed by atoms with Crippen molar-refractivity contribution in [2.45, 2.75) is 71.8 Å². The Balaban J connectivity index is 1.99. The largest absolute Gasteiger partial charge is 0.481 e. The van der Waals surface area contributed by atoms with Crippen molar-refractivity contribution in [3.8, 4) is 0 Å². The molecule has 0 radical (unpaired) electrons. The number of carboxylic acid groups (broad SMARTS) is 1. The van der Waals surface area contributed by atoms with Gasteiger partial charge in [0.1, 0.15) is 5.60 Å². The summed E-state index contributed by atoms with van der Waals surface area (Å²) in [5.41, 5.74) is 1.20. The number of carbonyl (C=O) groups is 1. The molecule has 1 saturated carbocycles. The second kappa shape index (κ2) is 5.70. The number of allylic oxidation sites excluding steroid dienone is 3. The SMILES string of the molecule is CC(C)(OO)C1=CC2=CCC3[C@](C)(C(=O)O)CCC[C@]3(C)[C@H]2CC1. The summed E-state index contributed by atoms with van der Waals surface area (Å²) in [7, 11) is 0. The summed E-state index contributed by atoms with van der Waals surface area (Å²) < 4.78 is 0. The van der Waals surface area contributed by atoms with Crippen LogP contribution in [0, 0.1) is 22.7 Å². The van der Waals surface area contributed by atoms with Crippen LogP contribution in [0.3, 0.4) is 0 Å². The maximum Gasteiger partial charge on any atom is 0.309 e. The van der Waals surface area contributed by atoms with Crippen LogP contribution in [0.2, 0.25) is 0 Å². The second-order valence-corrected chi connectivity index (χ2v) is 8.94. The minimum Gasteiger partial charge on any atom is -0.481 e. The zero-order valence-corrected chi connectivity index (χ0v) is 15.3. The van der Waals surface area contributed by atoms with Gasteiger partial charge in [-0.25, -0.2) is 4.89 Å². The molecule has 0 aromatic heterocycles. The number of carboxylic acids is 1. The molecule has 4 nitrogen and oxygen atoms in total. The fraction of sp³-hybridized carbons (Fsp3) is 0.750. The average molecular weight is 334 g/mol. The van der Waals surface area contributed by atoms with Crippen LogP contribution in [0.15, 0.2) is 23.3 Å². The third-order valence-corrected chi connectivity index (χ3v) is 7.30. The van der Waals surface area contributed by atoms with Gasteiger partial charge in [0.25, 0.3) is 0 Å². The number of hydrogen-bond acceptors (Lipinski definition) is 3. The van der Waals surface area contributed by atoms with Gasteiger partial charge in [-0.05, 0) is 81.3 Å². The van der Waals surface area contributed by atoms with Crippen molar-refractivity contribution >= 4 is 5.97 Å². The Morgan fingerprint density at radius 1 is 1.33 bits per heavy atom. The summed E-state index contributed by atoms with van der Waals surface area (Å²) in [4.78, 5) is 16.7. The smallest absolute Gasteiger partial charge is 0.309 e. The normalized spacial score (nSPS) is 39.4. The average Bonchev–Trinajstić information content (AvgIpc) is 2.54. The molecule has 0 spiro atoms. The van der Waals surface area contributed by atoms with Gasteiger partial charge in [-0.3, -0.25) is 10.1 Å². The first kappa shape index (κ1) is 17.7. The van der Waals surface area contributed by atoms with Crippen LogP contribution < -0.4 is 0 Å². The zero-order valence-electron chi connectivity index (χ0n) is 15.3. The molecule has 1 fully saturated rings. The molecule has 0 aromatic carbocycles. The van der Waals surface area contributed by atoms with Crippen LogP contribution >= 0.6 is 0 Å². The molecular formula is C20H30O4. The van der Waals surface area contributed by atoms with E-state index in [4.69, 9.17) is 0 Å². The van der Waals surface area contributed by atoms with Gasteiger partial charge >= 0.3 is 5.97 Å². The zero-order chi connectivity index (χ0) is 17.8. The van der Waals surface area contributed by atoms with Crippen molar-refractivity contribution in [3.05, 3.63) is 23.3 Å². The van der Waals surface area contributed by atoms with E-state index in [1.807, 2.05) is 20.8 Å². The van der Waals surface area contributed by atoms with Crippen molar-refractivity contribution in [1.29, 1.82) is 0 Å². The van der Waals surface area contributed by atoms with Crippen molar-refractivity contribution in [3.63, 3.8) is 0 Å². The maximum atomic E-state index is 12.0. The molecule has 0 saturated heterocycles. The van der Waals surface area contributed by atoms with Crippen molar-refractivity contribution in [1.82, 2.24) is 0 Å². The molecule has 3 aliphatic carbocycles. The summed E-state index contributed by atoms with van der Waals surface area (Å²) in [6.45, 7) is 8.02. The molecule has 0 amide bonds. The quantitative estimate of drug-likeness (QED) is 0.573. The third kappa shape index (κ3) is 2.46. The Kier molecular flexibility index (Phi) is 4.20. The van der Waals surface area contributed by atoms with Crippen LogP contribution in [-0.4, -0.2) is 21.9 Å². The molecule has 0 bridgehead atoms. The molecule has 24 heavy (non-hydrogen) atoms. The van der Waals surface area contributed by atoms with E-state index in [-0.39, 0.29) is 11.3 Å². The monoisotopic (exact) mass is 334 g/mol. The lowest BCUT2D eigenvalue weighted by atomic mass is 9.47. The summed E-state index contributed by atoms with van der Waals surface area (Å²) in [6, 6.07) is 0. The van der Waals surface area contributed by atoms with Gasteiger partial charge in [-0.2, -0.15) is 0 Å². The summed E-state index contributed by atoms with van der Waals surface area (Å²) in [5.74, 6) is -0.0346. The molecule has 3 aliphatic rings. The van der Waals surface area contributed by atoms with Gasteiger partial charge < -0.3 is 5.11 Å². The van der Waals surface area contributed by atoms with Gasteiger partial charge in [0.15, 0.2) is 0 Å². The first-order chi connectivity index (χ1) is 11.1. The van der Waals surface area contributed by atoms with Gasteiger partial charge in [-0.15, -0.1) is 0 Å². The Hall–Kier alpha value is -1.13. The first-order valence-electron chi connectivity index (χ1n) is 9.12. The number of aliphatic carboxylic acids is 1. The van der Waals surface area contributed by atoms with Crippen LogP contribution in [0.25, 0.3) is 0 Å². The van der Waals surface area contributed by atoms with Crippen molar-refractivity contribution < 1.29 is 20.0 Å². The van der Waals surface area contributed by atoms with Crippen LogP contribution in [0.5, 0.6) is 0 Å². The van der Waals surface area contributed by atoms with Gasteiger partial charge in [-0.1, -0.05) is 25.5 Å². The van der Waals surface area contributed by atoms with Gasteiger partial charge in [0, 0.05) is 0 Å². The molecule has 1 unspecified atom stereocenters. The number of fused-ring (bicyclic) bond motifs is 3. The molecule has 0 heterocycles. The highest BCUT2D eigenvalue weighted by Gasteiger charge is 2.57. The van der Waals surface area contributed by atoms with E-state index in [0.717, 1.165) is 44.1 Å². The van der Waals surface area contributed by atoms with E-state index in [1.54, 1.807) is 0 Å². The highest BCUT2D eigenvalue weighted by atomic mass is 17.1. The Morgan fingerprint density at radius 3 is 2.67 bits per heavy atom. The topological polar surface area (TPSA) is 66.8 Å². The third-order valence-electron chi connectivity index (χ3n) is 7.30. The molecular weight excluding hydrogens is 304 g/mol. The summed E-state index contributed by atoms with van der Waals surface area (Å²) >= 11 is 0. The minimum atomic E-state index is -0.661. The second-order valence-electron chi connectivity index (χ2n) is 8.94. The Labute approximate surface area is 144 Å². The van der Waals surface area contributed by atoms with Gasteiger partial charge in [0.05, 0.1) is 5.41 Å². The van der Waals surface area contributed by atoms with Gasteiger partial charge in [0.2, 0.25) is 0 Å². The molecule has 0 aromatic rings. The van der Waals surface area contributed by atoms with E-state index in [2.05, 4.69) is 24.0 Å². The lowest BCUT2D eigenvalue weighted by molar-refractivity contribution is -0.301. The van der Waals surface area contributed by atoms with Crippen LogP contribution in [0.1, 0.15) is 66.2 Å². The van der Waals surface area contributed by atoms with E-state index in [0.29, 0.717) is 5.92 Å². The van der Waals surface area contributed by atoms with Crippen molar-refractivity contribution in [2.75, 3.05) is 0 Å². The summed E-state index contributed by atoms with van der Waals surface area (Å²) in [6.07, 6.45) is 10.0.